The third kappa shape index (κ3) is 2.80. The van der Waals surface area contributed by atoms with Crippen LogP contribution < -0.4 is 10.1 Å². The van der Waals surface area contributed by atoms with E-state index in [0.29, 0.717) is 18.7 Å². The van der Waals surface area contributed by atoms with Gasteiger partial charge in [0.15, 0.2) is 0 Å². The number of hydrogen-bond donors (Lipinski definition) is 1. The molecule has 1 heterocycles. The lowest BCUT2D eigenvalue weighted by atomic mass is 10.0. The zero-order chi connectivity index (χ0) is 13.9. The first-order chi connectivity index (χ1) is 9.72. The minimum absolute atomic E-state index is 0.145. The first-order valence-electron chi connectivity index (χ1n) is 6.62. The van der Waals surface area contributed by atoms with Gasteiger partial charge in [-0.2, -0.15) is 0 Å². The average molecular weight is 275 g/mol. The molecule has 0 radical (unpaired) electrons. The van der Waals surface area contributed by atoms with Crippen LogP contribution in [0.25, 0.3) is 0 Å². The molecule has 0 amide bonds. The average Bonchev–Trinajstić information content (AvgIpc) is 2.44. The molecule has 3 rings (SSSR count). The van der Waals surface area contributed by atoms with Gasteiger partial charge < -0.3 is 10.1 Å². The van der Waals surface area contributed by atoms with E-state index >= 15 is 0 Å². The van der Waals surface area contributed by atoms with Gasteiger partial charge >= 0.3 is 0 Å². The van der Waals surface area contributed by atoms with E-state index in [0.717, 1.165) is 23.8 Å². The highest BCUT2D eigenvalue weighted by atomic mass is 19.1. The Labute approximate surface area is 116 Å². The summed E-state index contributed by atoms with van der Waals surface area (Å²) in [5.74, 6) is -0.218. The van der Waals surface area contributed by atoms with Gasteiger partial charge in [-0.15, -0.1) is 0 Å². The Bertz CT molecular complexity index is 595. The van der Waals surface area contributed by atoms with Gasteiger partial charge in [0, 0.05) is 30.6 Å². The van der Waals surface area contributed by atoms with Crippen LogP contribution in [0.4, 0.5) is 8.78 Å². The fraction of sp³-hybridized carbons (Fsp3) is 0.250. The standard InChI is InChI=1S/C16H15F2NO/c17-12-7-11(8-13(18)9-12)10-19-15-5-6-20-16-4-2-1-3-14(15)16/h1-4,7-9,15,19H,5-6,10H2. The van der Waals surface area contributed by atoms with Crippen molar-refractivity contribution in [3.05, 3.63) is 65.2 Å². The zero-order valence-corrected chi connectivity index (χ0v) is 10.9. The Balaban J connectivity index is 1.73. The van der Waals surface area contributed by atoms with Gasteiger partial charge in [-0.25, -0.2) is 8.78 Å². The number of rotatable bonds is 3. The molecule has 0 aliphatic carbocycles. The first kappa shape index (κ1) is 13.1. The van der Waals surface area contributed by atoms with E-state index in [2.05, 4.69) is 5.32 Å². The number of hydrogen-bond acceptors (Lipinski definition) is 2. The summed E-state index contributed by atoms with van der Waals surface area (Å²) in [4.78, 5) is 0. The second-order valence-corrected chi connectivity index (χ2v) is 4.89. The fourth-order valence-corrected chi connectivity index (χ4v) is 2.51. The summed E-state index contributed by atoms with van der Waals surface area (Å²) in [6, 6.07) is 11.6. The SMILES string of the molecule is Fc1cc(F)cc(CNC2CCOc3ccccc32)c1. The molecule has 0 spiro atoms. The third-order valence-corrected chi connectivity index (χ3v) is 3.43. The smallest absolute Gasteiger partial charge is 0.126 e. The third-order valence-electron chi connectivity index (χ3n) is 3.43. The van der Waals surface area contributed by atoms with E-state index in [9.17, 15) is 8.78 Å². The molecule has 1 aliphatic rings. The summed E-state index contributed by atoms with van der Waals surface area (Å²) in [7, 11) is 0. The molecular weight excluding hydrogens is 260 g/mol. The van der Waals surface area contributed by atoms with Crippen LogP contribution in [-0.2, 0) is 6.54 Å². The van der Waals surface area contributed by atoms with Crippen LogP contribution in [0.5, 0.6) is 5.75 Å². The van der Waals surface area contributed by atoms with Gasteiger partial charge in [0.05, 0.1) is 6.61 Å². The van der Waals surface area contributed by atoms with E-state index in [-0.39, 0.29) is 6.04 Å². The molecule has 1 unspecified atom stereocenters. The van der Waals surface area contributed by atoms with Gasteiger partial charge in [0.2, 0.25) is 0 Å². The van der Waals surface area contributed by atoms with Crippen LogP contribution in [0.1, 0.15) is 23.6 Å². The van der Waals surface area contributed by atoms with Crippen LogP contribution in [0.2, 0.25) is 0 Å². The number of nitrogens with one attached hydrogen (secondary N) is 1. The van der Waals surface area contributed by atoms with E-state index in [1.54, 1.807) is 0 Å². The molecule has 0 saturated heterocycles. The summed E-state index contributed by atoms with van der Waals surface area (Å²) in [5, 5.41) is 3.34. The van der Waals surface area contributed by atoms with Gasteiger partial charge in [0.1, 0.15) is 17.4 Å². The van der Waals surface area contributed by atoms with E-state index in [4.69, 9.17) is 4.74 Å². The second kappa shape index (κ2) is 5.59. The van der Waals surface area contributed by atoms with Crippen LogP contribution in [-0.4, -0.2) is 6.61 Å². The maximum Gasteiger partial charge on any atom is 0.126 e. The predicted molar refractivity (Wildman–Crippen MR) is 72.5 cm³/mol. The highest BCUT2D eigenvalue weighted by molar-refractivity contribution is 5.37. The van der Waals surface area contributed by atoms with Crippen LogP contribution >= 0.6 is 0 Å². The lowest BCUT2D eigenvalue weighted by Gasteiger charge is -2.26. The van der Waals surface area contributed by atoms with Gasteiger partial charge in [-0.3, -0.25) is 0 Å². The Hall–Kier alpha value is -1.94. The highest BCUT2D eigenvalue weighted by Gasteiger charge is 2.20. The Morgan fingerprint density at radius 1 is 1.10 bits per heavy atom. The van der Waals surface area contributed by atoms with Crippen molar-refractivity contribution in [2.45, 2.75) is 19.0 Å². The van der Waals surface area contributed by atoms with E-state index in [1.807, 2.05) is 24.3 Å². The number of ether oxygens (including phenoxy) is 1. The number of fused-ring (bicyclic) bond motifs is 1. The topological polar surface area (TPSA) is 21.3 Å². The summed E-state index contributed by atoms with van der Waals surface area (Å²) < 4.78 is 31.9. The summed E-state index contributed by atoms with van der Waals surface area (Å²) >= 11 is 0. The van der Waals surface area contributed by atoms with Crippen molar-refractivity contribution in [3.63, 3.8) is 0 Å². The molecule has 0 fully saturated rings. The van der Waals surface area contributed by atoms with Gasteiger partial charge in [-0.05, 0) is 23.8 Å². The molecule has 1 N–H and O–H groups in total. The van der Waals surface area contributed by atoms with Crippen LogP contribution in [0.3, 0.4) is 0 Å². The van der Waals surface area contributed by atoms with Gasteiger partial charge in [-0.1, -0.05) is 18.2 Å². The summed E-state index contributed by atoms with van der Waals surface area (Å²) in [6.07, 6.45) is 0.842. The Morgan fingerprint density at radius 3 is 2.65 bits per heavy atom. The predicted octanol–water partition coefficient (Wildman–Crippen LogP) is 3.58. The molecule has 2 nitrogen and oxygen atoms in total. The molecule has 0 aromatic heterocycles. The molecule has 2 aromatic carbocycles. The van der Waals surface area contributed by atoms with Gasteiger partial charge in [0.25, 0.3) is 0 Å². The zero-order valence-electron chi connectivity index (χ0n) is 10.9. The summed E-state index contributed by atoms with van der Waals surface area (Å²) in [5.41, 5.74) is 1.70. The molecule has 104 valence electrons. The van der Waals surface area contributed by atoms with Crippen LogP contribution in [0.15, 0.2) is 42.5 Å². The quantitative estimate of drug-likeness (QED) is 0.924. The Morgan fingerprint density at radius 2 is 1.85 bits per heavy atom. The Kier molecular flexibility index (Phi) is 3.65. The monoisotopic (exact) mass is 275 g/mol. The lowest BCUT2D eigenvalue weighted by Crippen LogP contribution is -2.26. The highest BCUT2D eigenvalue weighted by Crippen LogP contribution is 2.31. The maximum absolute atomic E-state index is 13.1. The van der Waals surface area contributed by atoms with Crippen molar-refractivity contribution in [2.75, 3.05) is 6.61 Å². The minimum Gasteiger partial charge on any atom is -0.493 e. The van der Waals surface area contributed by atoms with Crippen molar-refractivity contribution in [1.82, 2.24) is 5.32 Å². The molecule has 20 heavy (non-hydrogen) atoms. The second-order valence-electron chi connectivity index (χ2n) is 4.89. The molecule has 4 heteroatoms. The largest absolute Gasteiger partial charge is 0.493 e. The molecule has 0 bridgehead atoms. The van der Waals surface area contributed by atoms with E-state index < -0.39 is 11.6 Å². The minimum atomic E-state index is -0.547. The molecule has 1 aliphatic heterocycles. The first-order valence-corrected chi connectivity index (χ1v) is 6.62. The molecule has 2 aromatic rings. The van der Waals surface area contributed by atoms with Crippen molar-refractivity contribution >= 4 is 0 Å². The van der Waals surface area contributed by atoms with Crippen molar-refractivity contribution in [3.8, 4) is 5.75 Å². The fourth-order valence-electron chi connectivity index (χ4n) is 2.51. The molecule has 1 atom stereocenters. The number of halogens is 2. The number of para-hydroxylation sites is 1. The normalized spacial score (nSPS) is 17.4. The van der Waals surface area contributed by atoms with Crippen molar-refractivity contribution in [2.24, 2.45) is 0 Å². The molecule has 0 saturated carbocycles. The summed E-state index contributed by atoms with van der Waals surface area (Å²) in [6.45, 7) is 1.07. The van der Waals surface area contributed by atoms with E-state index in [1.165, 1.54) is 12.1 Å². The lowest BCUT2D eigenvalue weighted by molar-refractivity contribution is 0.252. The maximum atomic E-state index is 13.1. The number of benzene rings is 2. The van der Waals surface area contributed by atoms with Crippen molar-refractivity contribution in [1.29, 1.82) is 0 Å². The van der Waals surface area contributed by atoms with Crippen molar-refractivity contribution < 1.29 is 13.5 Å². The molecular formula is C16H15F2NO. The van der Waals surface area contributed by atoms with Crippen LogP contribution in [0, 0.1) is 11.6 Å².